The van der Waals surface area contributed by atoms with Crippen molar-refractivity contribution in [1.29, 1.82) is 0 Å². The summed E-state index contributed by atoms with van der Waals surface area (Å²) in [4.78, 5) is 24.1. The van der Waals surface area contributed by atoms with Crippen molar-refractivity contribution >= 4 is 22.5 Å². The third kappa shape index (κ3) is 2.00. The van der Waals surface area contributed by atoms with Gasteiger partial charge in [-0.15, -0.1) is 0 Å². The third-order valence-corrected chi connectivity index (χ3v) is 1.58. The zero-order valence-electron chi connectivity index (χ0n) is 6.65. The van der Waals surface area contributed by atoms with Gasteiger partial charge in [-0.05, 0) is 24.6 Å². The van der Waals surface area contributed by atoms with Gasteiger partial charge >= 0.3 is 0 Å². The maximum Gasteiger partial charge on any atom is 0.299 e. The number of nitro groups is 1. The molecule has 0 atom stereocenters. The second-order valence-electron chi connectivity index (χ2n) is 2.35. The highest BCUT2D eigenvalue weighted by Crippen LogP contribution is 2.18. The Morgan fingerprint density at radius 3 is 2.69 bits per heavy atom. The van der Waals surface area contributed by atoms with Gasteiger partial charge in [0, 0.05) is 11.8 Å². The van der Waals surface area contributed by atoms with Crippen LogP contribution in [0.3, 0.4) is 0 Å². The molecule has 0 aliphatic rings. The molecule has 13 heavy (non-hydrogen) atoms. The van der Waals surface area contributed by atoms with Crippen LogP contribution in [0.15, 0.2) is 12.1 Å². The summed E-state index contributed by atoms with van der Waals surface area (Å²) >= 11 is 5.12. The monoisotopic (exact) mass is 200 g/mol. The van der Waals surface area contributed by atoms with Gasteiger partial charge in [0.15, 0.2) is 0 Å². The highest BCUT2D eigenvalue weighted by Gasteiger charge is 2.19. The second kappa shape index (κ2) is 3.49. The van der Waals surface area contributed by atoms with E-state index in [2.05, 4.69) is 4.98 Å². The minimum Gasteiger partial charge on any atom is -0.274 e. The molecule has 0 saturated carbocycles. The summed E-state index contributed by atoms with van der Waals surface area (Å²) in [5.74, 6) is 0. The summed E-state index contributed by atoms with van der Waals surface area (Å²) in [7, 11) is 0. The molecule has 6 heteroatoms. The Hall–Kier alpha value is -1.49. The van der Waals surface area contributed by atoms with Gasteiger partial charge in [-0.3, -0.25) is 14.9 Å². The lowest BCUT2D eigenvalue weighted by Gasteiger charge is -1.97. The molecule has 0 aromatic carbocycles. The SMILES string of the molecule is Cc1ccc([N+](=O)[O-])c(C(=O)Cl)n1. The molecule has 0 aliphatic heterocycles. The second-order valence-corrected chi connectivity index (χ2v) is 2.69. The first-order valence-electron chi connectivity index (χ1n) is 3.34. The van der Waals surface area contributed by atoms with Crippen LogP contribution in [0.2, 0.25) is 0 Å². The molecule has 0 amide bonds. The molecular formula is C7H5ClN2O3. The Balaban J connectivity index is 3.35. The van der Waals surface area contributed by atoms with Crippen LogP contribution in [-0.2, 0) is 0 Å². The van der Waals surface area contributed by atoms with E-state index in [1.807, 2.05) is 0 Å². The molecule has 0 unspecified atom stereocenters. The largest absolute Gasteiger partial charge is 0.299 e. The molecule has 68 valence electrons. The quantitative estimate of drug-likeness (QED) is 0.414. The van der Waals surface area contributed by atoms with Gasteiger partial charge in [0.1, 0.15) is 0 Å². The number of carbonyl (C=O) groups is 1. The predicted octanol–water partition coefficient (Wildman–Crippen LogP) is 1.68. The first-order chi connectivity index (χ1) is 6.02. The Bertz CT molecular complexity index is 378. The molecule has 0 fully saturated rings. The summed E-state index contributed by atoms with van der Waals surface area (Å²) in [5.41, 5.74) is -0.174. The first kappa shape index (κ1) is 9.60. The molecule has 1 heterocycles. The Labute approximate surface area is 78.5 Å². The minimum atomic E-state index is -0.921. The van der Waals surface area contributed by atoms with Crippen LogP contribution in [0.1, 0.15) is 16.2 Å². The first-order valence-corrected chi connectivity index (χ1v) is 3.72. The molecule has 0 spiro atoms. The molecule has 0 aliphatic carbocycles. The van der Waals surface area contributed by atoms with Crippen LogP contribution >= 0.6 is 11.6 Å². The molecule has 0 radical (unpaired) electrons. The standard InChI is InChI=1S/C7H5ClN2O3/c1-4-2-3-5(10(12)13)6(9-4)7(8)11/h2-3H,1H3. The molecule has 0 bridgehead atoms. The number of aryl methyl sites for hydroxylation is 1. The van der Waals surface area contributed by atoms with E-state index in [0.29, 0.717) is 5.69 Å². The van der Waals surface area contributed by atoms with Gasteiger partial charge < -0.3 is 0 Å². The van der Waals surface area contributed by atoms with Gasteiger partial charge in [-0.1, -0.05) is 0 Å². The van der Waals surface area contributed by atoms with E-state index in [-0.39, 0.29) is 11.4 Å². The predicted molar refractivity (Wildman–Crippen MR) is 45.8 cm³/mol. The number of hydrogen-bond donors (Lipinski definition) is 0. The smallest absolute Gasteiger partial charge is 0.274 e. The Kier molecular flexibility index (Phi) is 2.57. The summed E-state index contributed by atoms with van der Waals surface area (Å²) < 4.78 is 0. The van der Waals surface area contributed by atoms with Crippen LogP contribution in [-0.4, -0.2) is 15.1 Å². The van der Waals surface area contributed by atoms with E-state index < -0.39 is 10.2 Å². The van der Waals surface area contributed by atoms with Gasteiger partial charge in [0.25, 0.3) is 10.9 Å². The summed E-state index contributed by atoms with van der Waals surface area (Å²) in [5, 5.41) is 9.47. The van der Waals surface area contributed by atoms with Crippen molar-refractivity contribution in [2.24, 2.45) is 0 Å². The van der Waals surface area contributed by atoms with Crippen molar-refractivity contribution in [2.45, 2.75) is 6.92 Å². The van der Waals surface area contributed by atoms with Crippen LogP contribution in [0.5, 0.6) is 0 Å². The third-order valence-electron chi connectivity index (χ3n) is 1.40. The lowest BCUT2D eigenvalue weighted by molar-refractivity contribution is -0.385. The van der Waals surface area contributed by atoms with Crippen LogP contribution in [0, 0.1) is 17.0 Å². The minimum absolute atomic E-state index is 0.313. The fourth-order valence-corrected chi connectivity index (χ4v) is 0.980. The number of carbonyl (C=O) groups excluding carboxylic acids is 1. The zero-order valence-corrected chi connectivity index (χ0v) is 7.41. The van der Waals surface area contributed by atoms with Crippen LogP contribution in [0.25, 0.3) is 0 Å². The summed E-state index contributed by atoms with van der Waals surface area (Å²) in [6.45, 7) is 1.62. The van der Waals surface area contributed by atoms with E-state index in [1.165, 1.54) is 12.1 Å². The maximum atomic E-state index is 10.7. The van der Waals surface area contributed by atoms with Crippen molar-refractivity contribution in [2.75, 3.05) is 0 Å². The van der Waals surface area contributed by atoms with Crippen LogP contribution < -0.4 is 0 Å². The highest BCUT2D eigenvalue weighted by atomic mass is 35.5. The lowest BCUT2D eigenvalue weighted by atomic mass is 10.3. The molecule has 1 rings (SSSR count). The molecular weight excluding hydrogens is 196 g/mol. The Morgan fingerprint density at radius 1 is 1.62 bits per heavy atom. The van der Waals surface area contributed by atoms with E-state index >= 15 is 0 Å². The summed E-state index contributed by atoms with van der Waals surface area (Å²) in [6.07, 6.45) is 0. The number of hydrogen-bond acceptors (Lipinski definition) is 4. The van der Waals surface area contributed by atoms with Gasteiger partial charge in [-0.2, -0.15) is 0 Å². The van der Waals surface area contributed by atoms with Crippen molar-refractivity contribution in [1.82, 2.24) is 4.98 Å². The van der Waals surface area contributed by atoms with Gasteiger partial charge in [0.2, 0.25) is 5.69 Å². The average molecular weight is 201 g/mol. The fraction of sp³-hybridized carbons (Fsp3) is 0.143. The molecule has 0 N–H and O–H groups in total. The van der Waals surface area contributed by atoms with Crippen molar-refractivity contribution in [3.05, 3.63) is 33.6 Å². The topological polar surface area (TPSA) is 73.1 Å². The maximum absolute atomic E-state index is 10.7. The molecule has 0 saturated heterocycles. The average Bonchev–Trinajstić information content (AvgIpc) is 2.03. The number of nitrogens with zero attached hydrogens (tertiary/aromatic N) is 2. The fourth-order valence-electron chi connectivity index (χ4n) is 0.841. The summed E-state index contributed by atoms with van der Waals surface area (Å²) in [6, 6.07) is 2.65. The highest BCUT2D eigenvalue weighted by molar-refractivity contribution is 6.67. The van der Waals surface area contributed by atoms with Gasteiger partial charge in [0.05, 0.1) is 4.92 Å². The van der Waals surface area contributed by atoms with E-state index in [9.17, 15) is 14.9 Å². The molecule has 1 aromatic rings. The molecule has 1 aromatic heterocycles. The van der Waals surface area contributed by atoms with Gasteiger partial charge in [-0.25, -0.2) is 4.98 Å². The van der Waals surface area contributed by atoms with E-state index in [1.54, 1.807) is 6.92 Å². The lowest BCUT2D eigenvalue weighted by Crippen LogP contribution is -2.02. The van der Waals surface area contributed by atoms with Crippen molar-refractivity contribution in [3.8, 4) is 0 Å². The zero-order chi connectivity index (χ0) is 10.0. The van der Waals surface area contributed by atoms with E-state index in [4.69, 9.17) is 11.6 Å². The van der Waals surface area contributed by atoms with Crippen molar-refractivity contribution in [3.63, 3.8) is 0 Å². The number of aromatic nitrogens is 1. The van der Waals surface area contributed by atoms with Crippen molar-refractivity contribution < 1.29 is 9.72 Å². The number of rotatable bonds is 2. The normalized spacial score (nSPS) is 9.69. The number of pyridine rings is 1. The Morgan fingerprint density at radius 2 is 2.23 bits per heavy atom. The van der Waals surface area contributed by atoms with E-state index in [0.717, 1.165) is 0 Å². The molecule has 5 nitrogen and oxygen atoms in total. The number of halogens is 1. The van der Waals surface area contributed by atoms with Crippen LogP contribution in [0.4, 0.5) is 5.69 Å².